The fourth-order valence-electron chi connectivity index (χ4n) is 2.53. The molecule has 0 aliphatic rings. The first-order chi connectivity index (χ1) is 12.1. The van der Waals surface area contributed by atoms with Gasteiger partial charge in [-0.25, -0.2) is 9.97 Å². The molecule has 3 rings (SSSR count). The number of carbonyl (C=O) groups is 1. The Balaban J connectivity index is 1.90. The Hall–Kier alpha value is -2.52. The number of hydrogen-bond donors (Lipinski definition) is 1. The lowest BCUT2D eigenvalue weighted by Gasteiger charge is -2.05. The Morgan fingerprint density at radius 2 is 2.28 bits per heavy atom. The molecule has 132 valence electrons. The molecule has 1 amide bonds. The lowest BCUT2D eigenvalue weighted by Crippen LogP contribution is -2.26. The van der Waals surface area contributed by atoms with Crippen LogP contribution in [0.15, 0.2) is 27.1 Å². The number of hydrogen-bond acceptors (Lipinski definition) is 7. The highest BCUT2D eigenvalue weighted by Crippen LogP contribution is 2.21. The third-order valence-electron chi connectivity index (χ3n) is 3.71. The van der Waals surface area contributed by atoms with Crippen molar-refractivity contribution in [1.82, 2.24) is 19.9 Å². The number of fused-ring (bicyclic) bond motifs is 1. The Bertz CT molecular complexity index is 930. The van der Waals surface area contributed by atoms with Gasteiger partial charge in [0, 0.05) is 31.8 Å². The predicted molar refractivity (Wildman–Crippen MR) is 92.8 cm³/mol. The van der Waals surface area contributed by atoms with Crippen molar-refractivity contribution < 1.29 is 13.9 Å². The van der Waals surface area contributed by atoms with E-state index < -0.39 is 0 Å². The van der Waals surface area contributed by atoms with Gasteiger partial charge in [0.25, 0.3) is 11.5 Å². The van der Waals surface area contributed by atoms with Gasteiger partial charge in [0.2, 0.25) is 5.71 Å². The van der Waals surface area contributed by atoms with Gasteiger partial charge in [-0.15, -0.1) is 11.3 Å². The Kier molecular flexibility index (Phi) is 5.25. The van der Waals surface area contributed by atoms with Crippen molar-refractivity contribution in [2.75, 3.05) is 13.7 Å². The standard InChI is InChI=1S/C16H18N4O4S/c1-10-12(14(21)18-8-11-17-4-7-25-11)13-15(24-10)19-9-20(16(13)22)5-3-6-23-2/h4,7,9H,3,5-6,8H2,1-2H3,(H,18,21). The molecule has 0 saturated heterocycles. The highest BCUT2D eigenvalue weighted by atomic mass is 32.1. The predicted octanol–water partition coefficient (Wildman–Crippen LogP) is 1.72. The molecule has 0 bridgehead atoms. The number of furan rings is 1. The van der Waals surface area contributed by atoms with E-state index in [9.17, 15) is 9.59 Å². The number of carbonyl (C=O) groups excluding carboxylic acids is 1. The first kappa shape index (κ1) is 17.3. The van der Waals surface area contributed by atoms with Gasteiger partial charge < -0.3 is 14.5 Å². The third-order valence-corrected chi connectivity index (χ3v) is 4.49. The monoisotopic (exact) mass is 362 g/mol. The number of nitrogens with zero attached hydrogens (tertiary/aromatic N) is 3. The summed E-state index contributed by atoms with van der Waals surface area (Å²) in [6, 6.07) is 0. The molecule has 1 N–H and O–H groups in total. The van der Waals surface area contributed by atoms with Crippen LogP contribution in [-0.4, -0.2) is 34.2 Å². The second kappa shape index (κ2) is 7.58. The largest absolute Gasteiger partial charge is 0.442 e. The van der Waals surface area contributed by atoms with E-state index in [4.69, 9.17) is 9.15 Å². The van der Waals surface area contributed by atoms with Gasteiger partial charge in [0.15, 0.2) is 0 Å². The Labute approximate surface area is 147 Å². The van der Waals surface area contributed by atoms with E-state index in [-0.39, 0.29) is 28.1 Å². The Morgan fingerprint density at radius 3 is 3.00 bits per heavy atom. The number of aryl methyl sites for hydroxylation is 2. The zero-order valence-electron chi connectivity index (χ0n) is 13.9. The molecule has 3 aromatic heterocycles. The molecule has 0 fully saturated rings. The van der Waals surface area contributed by atoms with Crippen molar-refractivity contribution in [3.63, 3.8) is 0 Å². The van der Waals surface area contributed by atoms with Crippen molar-refractivity contribution in [2.45, 2.75) is 26.4 Å². The van der Waals surface area contributed by atoms with E-state index in [0.717, 1.165) is 5.01 Å². The SMILES string of the molecule is COCCCn1cnc2oc(C)c(C(=O)NCc3nccs3)c2c1=O. The average Bonchev–Trinajstić information content (AvgIpc) is 3.22. The summed E-state index contributed by atoms with van der Waals surface area (Å²) in [5.41, 5.74) is 0.104. The lowest BCUT2D eigenvalue weighted by atomic mass is 10.2. The van der Waals surface area contributed by atoms with Gasteiger partial charge >= 0.3 is 0 Å². The fourth-order valence-corrected chi connectivity index (χ4v) is 3.09. The van der Waals surface area contributed by atoms with Crippen molar-refractivity contribution in [1.29, 1.82) is 0 Å². The van der Waals surface area contributed by atoms with Crippen molar-refractivity contribution in [3.05, 3.63) is 44.6 Å². The van der Waals surface area contributed by atoms with Crippen LogP contribution >= 0.6 is 11.3 Å². The maximum atomic E-state index is 12.7. The summed E-state index contributed by atoms with van der Waals surface area (Å²) in [6.07, 6.45) is 3.78. The van der Waals surface area contributed by atoms with E-state index >= 15 is 0 Å². The number of ether oxygens (including phenoxy) is 1. The van der Waals surface area contributed by atoms with Gasteiger partial charge in [-0.1, -0.05) is 0 Å². The van der Waals surface area contributed by atoms with Crippen molar-refractivity contribution in [3.8, 4) is 0 Å². The summed E-state index contributed by atoms with van der Waals surface area (Å²) in [6.45, 7) is 2.94. The molecule has 0 aromatic carbocycles. The van der Waals surface area contributed by atoms with Crippen LogP contribution in [0.3, 0.4) is 0 Å². The van der Waals surface area contributed by atoms with E-state index in [1.54, 1.807) is 20.2 Å². The van der Waals surface area contributed by atoms with Crippen molar-refractivity contribution >= 4 is 28.3 Å². The van der Waals surface area contributed by atoms with Crippen LogP contribution in [0.1, 0.15) is 27.5 Å². The van der Waals surface area contributed by atoms with E-state index in [1.165, 1.54) is 22.2 Å². The van der Waals surface area contributed by atoms with Crippen LogP contribution in [0, 0.1) is 6.92 Å². The minimum absolute atomic E-state index is 0.171. The fraction of sp³-hybridized carbons (Fsp3) is 0.375. The second-order valence-electron chi connectivity index (χ2n) is 5.41. The van der Waals surface area contributed by atoms with Gasteiger partial charge in [0.05, 0.1) is 12.1 Å². The van der Waals surface area contributed by atoms with Crippen LogP contribution in [-0.2, 0) is 17.8 Å². The number of rotatable bonds is 7. The van der Waals surface area contributed by atoms with E-state index in [2.05, 4.69) is 15.3 Å². The van der Waals surface area contributed by atoms with Gasteiger partial charge in [0.1, 0.15) is 22.5 Å². The molecule has 9 heteroatoms. The number of nitrogens with one attached hydrogen (secondary N) is 1. The zero-order valence-corrected chi connectivity index (χ0v) is 14.8. The van der Waals surface area contributed by atoms with Crippen LogP contribution in [0.4, 0.5) is 0 Å². The summed E-state index contributed by atoms with van der Waals surface area (Å²) >= 11 is 1.45. The molecular weight excluding hydrogens is 344 g/mol. The molecule has 0 radical (unpaired) electrons. The summed E-state index contributed by atoms with van der Waals surface area (Å²) in [5.74, 6) is -0.00845. The highest BCUT2D eigenvalue weighted by Gasteiger charge is 2.22. The molecule has 0 saturated carbocycles. The first-order valence-electron chi connectivity index (χ1n) is 7.76. The summed E-state index contributed by atoms with van der Waals surface area (Å²) in [5, 5.41) is 5.60. The normalized spacial score (nSPS) is 11.1. The average molecular weight is 362 g/mol. The number of aromatic nitrogens is 3. The molecule has 0 unspecified atom stereocenters. The molecule has 8 nitrogen and oxygen atoms in total. The van der Waals surface area contributed by atoms with Crippen LogP contribution in [0.2, 0.25) is 0 Å². The maximum absolute atomic E-state index is 12.7. The lowest BCUT2D eigenvalue weighted by molar-refractivity contribution is 0.0950. The van der Waals surface area contributed by atoms with Crippen LogP contribution in [0.25, 0.3) is 11.1 Å². The molecule has 25 heavy (non-hydrogen) atoms. The minimum Gasteiger partial charge on any atom is -0.442 e. The van der Waals surface area contributed by atoms with E-state index in [1.807, 2.05) is 5.38 Å². The maximum Gasteiger partial charge on any atom is 0.265 e. The van der Waals surface area contributed by atoms with Crippen molar-refractivity contribution in [2.24, 2.45) is 0 Å². The minimum atomic E-state index is -0.375. The highest BCUT2D eigenvalue weighted by molar-refractivity contribution is 7.09. The third kappa shape index (κ3) is 3.62. The molecule has 0 spiro atoms. The molecule has 0 atom stereocenters. The summed E-state index contributed by atoms with van der Waals surface area (Å²) in [7, 11) is 1.61. The number of methoxy groups -OCH3 is 1. The number of thiazole rings is 1. The molecule has 3 aromatic rings. The van der Waals surface area contributed by atoms with Gasteiger partial charge in [-0.2, -0.15) is 0 Å². The second-order valence-corrected chi connectivity index (χ2v) is 6.39. The molecule has 3 heterocycles. The molecule has 0 aliphatic carbocycles. The number of amides is 1. The topological polar surface area (TPSA) is 99.2 Å². The van der Waals surface area contributed by atoms with Gasteiger partial charge in [-0.3, -0.25) is 14.2 Å². The Morgan fingerprint density at radius 1 is 1.44 bits per heavy atom. The first-order valence-corrected chi connectivity index (χ1v) is 8.63. The summed E-state index contributed by atoms with van der Waals surface area (Å²) < 4.78 is 12.0. The van der Waals surface area contributed by atoms with Crippen LogP contribution in [0.5, 0.6) is 0 Å². The quantitative estimate of drug-likeness (QED) is 0.643. The summed E-state index contributed by atoms with van der Waals surface area (Å²) in [4.78, 5) is 33.6. The van der Waals surface area contributed by atoms with E-state index in [0.29, 0.717) is 31.9 Å². The molecular formula is C16H18N4O4S. The van der Waals surface area contributed by atoms with Crippen LogP contribution < -0.4 is 10.9 Å². The van der Waals surface area contributed by atoms with Gasteiger partial charge in [-0.05, 0) is 13.3 Å². The zero-order chi connectivity index (χ0) is 17.8. The molecule has 0 aliphatic heterocycles. The smallest absolute Gasteiger partial charge is 0.265 e.